The minimum atomic E-state index is -2.89. The fourth-order valence-electron chi connectivity index (χ4n) is 3.24. The first kappa shape index (κ1) is 18.5. The first-order valence-electron chi connectivity index (χ1n) is 8.53. The number of rotatable bonds is 4. The number of amides is 1. The Labute approximate surface area is 150 Å². The fraction of sp³-hybridized carbons (Fsp3) is 0.474. The molecule has 0 saturated carbocycles. The van der Waals surface area contributed by atoms with Gasteiger partial charge in [0.2, 0.25) is 0 Å². The number of nitrogens with one attached hydrogen (secondary N) is 1. The Morgan fingerprint density at radius 3 is 2.85 bits per heavy atom. The van der Waals surface area contributed by atoms with Crippen LogP contribution in [-0.2, 0) is 4.74 Å². The van der Waals surface area contributed by atoms with Gasteiger partial charge in [-0.25, -0.2) is 0 Å². The van der Waals surface area contributed by atoms with E-state index in [9.17, 15) is 13.6 Å². The maximum atomic E-state index is 12.5. The fourth-order valence-corrected chi connectivity index (χ4v) is 3.24. The highest BCUT2D eigenvalue weighted by Gasteiger charge is 2.29. The highest BCUT2D eigenvalue weighted by atomic mass is 19.3. The van der Waals surface area contributed by atoms with Gasteiger partial charge in [-0.3, -0.25) is 9.78 Å². The summed E-state index contributed by atoms with van der Waals surface area (Å²) in [7, 11) is 0. The molecular weight excluding hydrogens is 342 g/mol. The normalized spacial score (nSPS) is 19.5. The number of fused-ring (bicyclic) bond motifs is 1. The highest BCUT2D eigenvalue weighted by molar-refractivity contribution is 5.97. The molecule has 3 rings (SSSR count). The van der Waals surface area contributed by atoms with Crippen LogP contribution >= 0.6 is 0 Å². The molecule has 0 spiro atoms. The number of nitrogens with zero attached hydrogens (tertiary/aromatic N) is 1. The Bertz CT molecular complexity index is 824. The predicted octanol–water partition coefficient (Wildman–Crippen LogP) is 3.83. The lowest BCUT2D eigenvalue weighted by molar-refractivity contribution is -0.0615. The molecule has 140 valence electrons. The summed E-state index contributed by atoms with van der Waals surface area (Å²) in [5, 5.41) is 3.72. The molecule has 1 aromatic heterocycles. The molecule has 1 aromatic carbocycles. The quantitative estimate of drug-likeness (QED) is 0.896. The summed E-state index contributed by atoms with van der Waals surface area (Å²) in [6.07, 6.45) is 2.96. The van der Waals surface area contributed by atoms with Crippen molar-refractivity contribution in [1.29, 1.82) is 0 Å². The van der Waals surface area contributed by atoms with E-state index in [0.717, 1.165) is 12.8 Å². The molecule has 2 heterocycles. The van der Waals surface area contributed by atoms with Crippen LogP contribution in [0.15, 0.2) is 24.4 Å². The molecule has 5 nitrogen and oxygen atoms in total. The Hall–Kier alpha value is -2.28. The zero-order chi connectivity index (χ0) is 18.9. The molecule has 0 radical (unpaired) electrons. The number of hydrogen-bond donors (Lipinski definition) is 1. The topological polar surface area (TPSA) is 60.5 Å². The lowest BCUT2D eigenvalue weighted by atomic mass is 9.94. The maximum absolute atomic E-state index is 12.5. The van der Waals surface area contributed by atoms with Gasteiger partial charge in [0.25, 0.3) is 5.91 Å². The van der Waals surface area contributed by atoms with Gasteiger partial charge in [-0.1, -0.05) is 0 Å². The van der Waals surface area contributed by atoms with Crippen molar-refractivity contribution < 1.29 is 23.0 Å². The van der Waals surface area contributed by atoms with Gasteiger partial charge in [-0.15, -0.1) is 0 Å². The molecule has 1 unspecified atom stereocenters. The summed E-state index contributed by atoms with van der Waals surface area (Å²) in [6.45, 7) is 3.41. The third kappa shape index (κ3) is 4.27. The number of hydrogen-bond acceptors (Lipinski definition) is 4. The smallest absolute Gasteiger partial charge is 0.387 e. The summed E-state index contributed by atoms with van der Waals surface area (Å²) in [4.78, 5) is 16.8. The van der Waals surface area contributed by atoms with Gasteiger partial charge >= 0.3 is 6.61 Å². The van der Waals surface area contributed by atoms with E-state index < -0.39 is 6.61 Å². The minimum Gasteiger partial charge on any atom is -0.434 e. The van der Waals surface area contributed by atoms with Gasteiger partial charge < -0.3 is 14.8 Å². The average Bonchev–Trinajstić information content (AvgIpc) is 2.53. The molecule has 2 aromatic rings. The Morgan fingerprint density at radius 2 is 2.15 bits per heavy atom. The summed E-state index contributed by atoms with van der Waals surface area (Å²) in [5.41, 5.74) is 1.23. The highest BCUT2D eigenvalue weighted by Crippen LogP contribution is 2.27. The number of carbonyl (C=O) groups excluding carboxylic acids is 1. The molecule has 1 N–H and O–H groups in total. The number of ether oxygens (including phenoxy) is 2. The molecule has 0 aliphatic carbocycles. The van der Waals surface area contributed by atoms with Crippen LogP contribution in [0.2, 0.25) is 0 Å². The van der Waals surface area contributed by atoms with E-state index in [4.69, 9.17) is 4.74 Å². The Kier molecular flexibility index (Phi) is 5.09. The van der Waals surface area contributed by atoms with E-state index >= 15 is 0 Å². The van der Waals surface area contributed by atoms with Gasteiger partial charge in [0.05, 0.1) is 16.7 Å². The first-order chi connectivity index (χ1) is 12.2. The van der Waals surface area contributed by atoms with Crippen LogP contribution in [0.3, 0.4) is 0 Å². The number of halogens is 2. The minimum absolute atomic E-state index is 0.0468. The maximum Gasteiger partial charge on any atom is 0.387 e. The van der Waals surface area contributed by atoms with Crippen LogP contribution in [0.25, 0.3) is 10.9 Å². The van der Waals surface area contributed by atoms with Crippen molar-refractivity contribution in [2.75, 3.05) is 6.61 Å². The lowest BCUT2D eigenvalue weighted by Crippen LogP contribution is -2.45. The average molecular weight is 364 g/mol. The summed E-state index contributed by atoms with van der Waals surface area (Å²) < 4.78 is 35.0. The van der Waals surface area contributed by atoms with E-state index in [2.05, 4.69) is 15.0 Å². The zero-order valence-corrected chi connectivity index (χ0v) is 15.0. The van der Waals surface area contributed by atoms with Crippen molar-refractivity contribution in [3.8, 4) is 5.75 Å². The number of aromatic nitrogens is 1. The number of aryl methyl sites for hydroxylation is 1. The number of pyridine rings is 1. The van der Waals surface area contributed by atoms with Crippen LogP contribution in [0, 0.1) is 6.92 Å². The van der Waals surface area contributed by atoms with E-state index in [0.29, 0.717) is 28.6 Å². The second-order valence-corrected chi connectivity index (χ2v) is 7.18. The van der Waals surface area contributed by atoms with Crippen LogP contribution in [0.5, 0.6) is 5.75 Å². The molecule has 7 heteroatoms. The second-order valence-electron chi connectivity index (χ2n) is 7.18. The molecule has 1 saturated heterocycles. The van der Waals surface area contributed by atoms with E-state index in [1.807, 2.05) is 13.8 Å². The largest absolute Gasteiger partial charge is 0.434 e. The van der Waals surface area contributed by atoms with Crippen LogP contribution in [-0.4, -0.2) is 35.8 Å². The molecule has 1 aliphatic rings. The molecule has 1 atom stereocenters. The van der Waals surface area contributed by atoms with Crippen molar-refractivity contribution >= 4 is 16.8 Å². The number of carbonyl (C=O) groups is 1. The van der Waals surface area contributed by atoms with Crippen molar-refractivity contribution in [3.63, 3.8) is 0 Å². The molecule has 1 fully saturated rings. The summed E-state index contributed by atoms with van der Waals surface area (Å²) >= 11 is 0. The second kappa shape index (κ2) is 7.15. The van der Waals surface area contributed by atoms with Gasteiger partial charge in [0, 0.05) is 30.3 Å². The van der Waals surface area contributed by atoms with Crippen molar-refractivity contribution in [2.24, 2.45) is 0 Å². The lowest BCUT2D eigenvalue weighted by Gasteiger charge is -2.35. The van der Waals surface area contributed by atoms with Crippen molar-refractivity contribution in [1.82, 2.24) is 10.3 Å². The van der Waals surface area contributed by atoms with Crippen molar-refractivity contribution in [2.45, 2.75) is 51.9 Å². The van der Waals surface area contributed by atoms with E-state index in [-0.39, 0.29) is 23.3 Å². The third-order valence-electron chi connectivity index (χ3n) is 4.49. The van der Waals surface area contributed by atoms with Crippen LogP contribution in [0.4, 0.5) is 8.78 Å². The van der Waals surface area contributed by atoms with Crippen LogP contribution in [0.1, 0.15) is 42.6 Å². The van der Waals surface area contributed by atoms with Gasteiger partial charge in [0.1, 0.15) is 5.75 Å². The van der Waals surface area contributed by atoms with E-state index in [1.54, 1.807) is 19.1 Å². The first-order valence-corrected chi connectivity index (χ1v) is 8.53. The molecule has 1 aliphatic heterocycles. The van der Waals surface area contributed by atoms with Gasteiger partial charge in [0.15, 0.2) is 0 Å². The number of alkyl halides is 2. The van der Waals surface area contributed by atoms with Gasteiger partial charge in [-0.05, 0) is 51.3 Å². The standard InChI is InChI=1S/C19H22F2N2O3/c1-11-6-12-7-13(10-22-15(12)8-16(11)26-18(20)21)17(24)23-14-4-5-25-19(2,3)9-14/h6-8,10,14,18H,4-5,9H2,1-3H3,(H,23,24). The monoisotopic (exact) mass is 364 g/mol. The van der Waals surface area contributed by atoms with Gasteiger partial charge in [-0.2, -0.15) is 8.78 Å². The Balaban J connectivity index is 1.79. The van der Waals surface area contributed by atoms with Crippen molar-refractivity contribution in [3.05, 3.63) is 35.5 Å². The third-order valence-corrected chi connectivity index (χ3v) is 4.49. The SMILES string of the molecule is Cc1cc2cc(C(=O)NC3CCOC(C)(C)C3)cnc2cc1OC(F)F. The molecular formula is C19H22F2N2O3. The Morgan fingerprint density at radius 1 is 1.38 bits per heavy atom. The summed E-state index contributed by atoms with van der Waals surface area (Å²) in [6, 6.07) is 4.90. The molecule has 0 bridgehead atoms. The van der Waals surface area contributed by atoms with Crippen LogP contribution < -0.4 is 10.1 Å². The number of benzene rings is 1. The van der Waals surface area contributed by atoms with E-state index in [1.165, 1.54) is 12.3 Å². The molecule has 1 amide bonds. The summed E-state index contributed by atoms with van der Waals surface area (Å²) in [5.74, 6) is -0.116. The molecule has 26 heavy (non-hydrogen) atoms. The zero-order valence-electron chi connectivity index (χ0n) is 15.0. The predicted molar refractivity (Wildman–Crippen MR) is 93.6 cm³/mol.